The summed E-state index contributed by atoms with van der Waals surface area (Å²) in [5.41, 5.74) is 1.32. The SMILES string of the molecule is O=C([N]c1ccccc1)c1cccc2ccccc12. The number of benzene rings is 3. The predicted octanol–water partition coefficient (Wildman–Crippen LogP) is 3.92. The monoisotopic (exact) mass is 246 g/mol. The van der Waals surface area contributed by atoms with Gasteiger partial charge >= 0.3 is 0 Å². The van der Waals surface area contributed by atoms with Crippen LogP contribution in [-0.2, 0) is 0 Å². The molecule has 91 valence electrons. The molecule has 0 saturated carbocycles. The van der Waals surface area contributed by atoms with Gasteiger partial charge in [-0.15, -0.1) is 0 Å². The van der Waals surface area contributed by atoms with Crippen LogP contribution in [0.4, 0.5) is 5.69 Å². The van der Waals surface area contributed by atoms with E-state index in [1.807, 2.05) is 72.8 Å². The molecular weight excluding hydrogens is 234 g/mol. The van der Waals surface area contributed by atoms with E-state index < -0.39 is 0 Å². The van der Waals surface area contributed by atoms with Gasteiger partial charge < -0.3 is 0 Å². The topological polar surface area (TPSA) is 31.2 Å². The van der Waals surface area contributed by atoms with Crippen molar-refractivity contribution >= 4 is 22.4 Å². The first-order valence-electron chi connectivity index (χ1n) is 6.13. The number of hydrogen-bond donors (Lipinski definition) is 0. The Morgan fingerprint density at radius 2 is 1.42 bits per heavy atom. The standard InChI is InChI=1S/C17H12NO/c19-17(18-14-9-2-1-3-10-14)16-12-6-8-13-7-4-5-11-15(13)16/h1-12H. The van der Waals surface area contributed by atoms with Gasteiger partial charge in [0.2, 0.25) is 0 Å². The van der Waals surface area contributed by atoms with Crippen LogP contribution < -0.4 is 5.32 Å². The molecule has 0 aliphatic carbocycles. The molecule has 0 fully saturated rings. The lowest BCUT2D eigenvalue weighted by atomic mass is 10.0. The summed E-state index contributed by atoms with van der Waals surface area (Å²) in [5, 5.41) is 6.13. The highest BCUT2D eigenvalue weighted by molar-refractivity contribution is 6.08. The molecule has 1 amide bonds. The predicted molar refractivity (Wildman–Crippen MR) is 76.5 cm³/mol. The Hall–Kier alpha value is -2.61. The fraction of sp³-hybridized carbons (Fsp3) is 0. The van der Waals surface area contributed by atoms with Gasteiger partial charge in [0.25, 0.3) is 5.91 Å². The van der Waals surface area contributed by atoms with Gasteiger partial charge in [0.1, 0.15) is 0 Å². The van der Waals surface area contributed by atoms with Crippen molar-refractivity contribution in [1.29, 1.82) is 0 Å². The second-order valence-corrected chi connectivity index (χ2v) is 4.28. The Bertz CT molecular complexity index is 714. The third-order valence-corrected chi connectivity index (χ3v) is 3.01. The molecule has 0 N–H and O–H groups in total. The molecule has 3 aromatic rings. The number of rotatable bonds is 2. The molecule has 19 heavy (non-hydrogen) atoms. The molecule has 3 aromatic carbocycles. The zero-order valence-corrected chi connectivity index (χ0v) is 10.3. The van der Waals surface area contributed by atoms with Crippen LogP contribution in [-0.4, -0.2) is 5.91 Å². The smallest absolute Gasteiger partial charge is 0.267 e. The lowest BCUT2D eigenvalue weighted by Gasteiger charge is -2.05. The van der Waals surface area contributed by atoms with E-state index >= 15 is 0 Å². The van der Waals surface area contributed by atoms with E-state index in [1.165, 1.54) is 0 Å². The highest BCUT2D eigenvalue weighted by Crippen LogP contribution is 2.19. The van der Waals surface area contributed by atoms with Crippen molar-refractivity contribution in [2.75, 3.05) is 0 Å². The summed E-state index contributed by atoms with van der Waals surface area (Å²) < 4.78 is 0. The molecule has 0 aromatic heterocycles. The number of hydrogen-bond acceptors (Lipinski definition) is 1. The largest absolute Gasteiger partial charge is 0.278 e. The maximum Gasteiger partial charge on any atom is 0.278 e. The van der Waals surface area contributed by atoms with Crippen LogP contribution in [0.15, 0.2) is 72.8 Å². The minimum atomic E-state index is -0.206. The van der Waals surface area contributed by atoms with Gasteiger partial charge in [-0.05, 0) is 29.0 Å². The van der Waals surface area contributed by atoms with Gasteiger partial charge in [-0.25, -0.2) is 5.32 Å². The summed E-state index contributed by atoms with van der Waals surface area (Å²) in [6.45, 7) is 0. The minimum absolute atomic E-state index is 0.206. The molecule has 2 nitrogen and oxygen atoms in total. The van der Waals surface area contributed by atoms with Gasteiger partial charge in [0.15, 0.2) is 0 Å². The van der Waals surface area contributed by atoms with E-state index in [0.29, 0.717) is 11.3 Å². The van der Waals surface area contributed by atoms with Crippen LogP contribution in [0.3, 0.4) is 0 Å². The number of carbonyl (C=O) groups excluding carboxylic acids is 1. The van der Waals surface area contributed by atoms with Gasteiger partial charge in [-0.3, -0.25) is 4.79 Å². The van der Waals surface area contributed by atoms with Crippen LogP contribution >= 0.6 is 0 Å². The van der Waals surface area contributed by atoms with Crippen LogP contribution in [0.25, 0.3) is 10.8 Å². The summed E-state index contributed by atoms with van der Waals surface area (Å²) in [5.74, 6) is -0.206. The van der Waals surface area contributed by atoms with Crippen molar-refractivity contribution in [1.82, 2.24) is 5.32 Å². The van der Waals surface area contributed by atoms with E-state index in [-0.39, 0.29) is 5.91 Å². The minimum Gasteiger partial charge on any atom is -0.267 e. The normalized spacial score (nSPS) is 10.3. The van der Waals surface area contributed by atoms with Crippen molar-refractivity contribution in [2.24, 2.45) is 0 Å². The fourth-order valence-corrected chi connectivity index (χ4v) is 2.09. The van der Waals surface area contributed by atoms with Gasteiger partial charge in [0.05, 0.1) is 5.69 Å². The van der Waals surface area contributed by atoms with E-state index in [1.54, 1.807) is 0 Å². The number of nitrogens with zero attached hydrogens (tertiary/aromatic N) is 1. The van der Waals surface area contributed by atoms with Crippen LogP contribution in [0, 0.1) is 0 Å². The molecule has 0 aliphatic rings. The number of para-hydroxylation sites is 1. The molecule has 0 bridgehead atoms. The number of fused-ring (bicyclic) bond motifs is 1. The van der Waals surface area contributed by atoms with E-state index in [0.717, 1.165) is 10.8 Å². The lowest BCUT2D eigenvalue weighted by Crippen LogP contribution is -2.11. The Kier molecular flexibility index (Phi) is 2.99. The Balaban J connectivity index is 1.98. The maximum atomic E-state index is 12.3. The summed E-state index contributed by atoms with van der Waals surface area (Å²) in [6, 6.07) is 22.8. The van der Waals surface area contributed by atoms with E-state index in [4.69, 9.17) is 0 Å². The number of carbonyl (C=O) groups is 1. The third-order valence-electron chi connectivity index (χ3n) is 3.01. The molecule has 1 radical (unpaired) electrons. The summed E-state index contributed by atoms with van der Waals surface area (Å²) in [4.78, 5) is 12.3. The average molecular weight is 246 g/mol. The molecule has 0 heterocycles. The molecule has 0 atom stereocenters. The van der Waals surface area contributed by atoms with Crippen molar-refractivity contribution in [2.45, 2.75) is 0 Å². The first-order chi connectivity index (χ1) is 9.34. The summed E-state index contributed by atoms with van der Waals surface area (Å²) in [6.07, 6.45) is 0. The number of amides is 1. The fourth-order valence-electron chi connectivity index (χ4n) is 2.09. The van der Waals surface area contributed by atoms with Gasteiger partial charge in [-0.1, -0.05) is 54.6 Å². The Morgan fingerprint density at radius 1 is 0.737 bits per heavy atom. The van der Waals surface area contributed by atoms with Gasteiger partial charge in [-0.2, -0.15) is 0 Å². The molecule has 3 rings (SSSR count). The average Bonchev–Trinajstić information content (AvgIpc) is 2.47. The molecule has 2 heteroatoms. The Morgan fingerprint density at radius 3 is 2.26 bits per heavy atom. The summed E-state index contributed by atoms with van der Waals surface area (Å²) in [7, 11) is 0. The van der Waals surface area contributed by atoms with Crippen LogP contribution in [0.2, 0.25) is 0 Å². The lowest BCUT2D eigenvalue weighted by molar-refractivity contribution is 0.0970. The molecule has 0 unspecified atom stereocenters. The first kappa shape index (κ1) is 11.5. The summed E-state index contributed by atoms with van der Waals surface area (Å²) >= 11 is 0. The van der Waals surface area contributed by atoms with Crippen LogP contribution in [0.5, 0.6) is 0 Å². The Labute approximate surface area is 111 Å². The molecule has 0 spiro atoms. The highest BCUT2D eigenvalue weighted by Gasteiger charge is 2.11. The van der Waals surface area contributed by atoms with Crippen molar-refractivity contribution in [3.63, 3.8) is 0 Å². The maximum absolute atomic E-state index is 12.3. The van der Waals surface area contributed by atoms with Gasteiger partial charge in [0, 0.05) is 5.56 Å². The van der Waals surface area contributed by atoms with Crippen molar-refractivity contribution in [3.8, 4) is 0 Å². The third kappa shape index (κ3) is 2.33. The van der Waals surface area contributed by atoms with Crippen molar-refractivity contribution < 1.29 is 4.79 Å². The second-order valence-electron chi connectivity index (χ2n) is 4.28. The molecule has 0 aliphatic heterocycles. The van der Waals surface area contributed by atoms with Crippen LogP contribution in [0.1, 0.15) is 10.4 Å². The zero-order chi connectivity index (χ0) is 13.1. The van der Waals surface area contributed by atoms with E-state index in [2.05, 4.69) is 5.32 Å². The van der Waals surface area contributed by atoms with E-state index in [9.17, 15) is 4.79 Å². The second kappa shape index (κ2) is 4.94. The zero-order valence-electron chi connectivity index (χ0n) is 10.3. The molecular formula is C17H12NO. The quantitative estimate of drug-likeness (QED) is 0.674. The highest BCUT2D eigenvalue weighted by atomic mass is 16.1. The van der Waals surface area contributed by atoms with Crippen molar-refractivity contribution in [3.05, 3.63) is 78.4 Å². The molecule has 0 saturated heterocycles. The first-order valence-corrected chi connectivity index (χ1v) is 6.13.